The minimum absolute atomic E-state index is 0.0576. The van der Waals surface area contributed by atoms with E-state index in [-0.39, 0.29) is 18.1 Å². The van der Waals surface area contributed by atoms with Crippen LogP contribution in [0, 0.1) is 10.1 Å². The predicted octanol–water partition coefficient (Wildman–Crippen LogP) is 2.40. The molecule has 0 unspecified atom stereocenters. The fourth-order valence-electron chi connectivity index (χ4n) is 2.10. The van der Waals surface area contributed by atoms with Crippen molar-refractivity contribution in [2.24, 2.45) is 4.99 Å². The van der Waals surface area contributed by atoms with E-state index in [1.165, 1.54) is 19.2 Å². The number of esters is 1. The molecule has 0 aliphatic rings. The van der Waals surface area contributed by atoms with Crippen molar-refractivity contribution in [2.45, 2.75) is 32.7 Å². The Morgan fingerprint density at radius 1 is 1.42 bits per heavy atom. The zero-order valence-electron chi connectivity index (χ0n) is 13.4. The number of amides is 1. The van der Waals surface area contributed by atoms with Gasteiger partial charge in [-0.05, 0) is 12.5 Å². The van der Waals surface area contributed by atoms with Crippen LogP contribution in [-0.2, 0) is 20.9 Å². The Morgan fingerprint density at radius 3 is 2.79 bits per heavy atom. The number of carbonyl (C=O) groups excluding carboxylic acids is 2. The molecule has 0 fully saturated rings. The van der Waals surface area contributed by atoms with Gasteiger partial charge in [-0.1, -0.05) is 24.7 Å². The van der Waals surface area contributed by atoms with Gasteiger partial charge >= 0.3 is 5.97 Å². The zero-order valence-corrected chi connectivity index (χ0v) is 14.2. The van der Waals surface area contributed by atoms with E-state index in [0.29, 0.717) is 21.4 Å². The standard InChI is InChI=1S/C15H17N3O5S/c1-3-4-5-13(19)16-15-17(9-14(20)23-2)11-7-6-10(18(21)22)8-12(11)24-15/h6-8H,3-5,9H2,1-2H3. The molecule has 0 radical (unpaired) electrons. The fraction of sp³-hybridized carbons (Fsp3) is 0.400. The lowest BCUT2D eigenvalue weighted by atomic mass is 10.2. The first-order valence-electron chi connectivity index (χ1n) is 7.38. The molecule has 2 aromatic rings. The fourth-order valence-corrected chi connectivity index (χ4v) is 3.18. The number of hydrogen-bond donors (Lipinski definition) is 0. The van der Waals surface area contributed by atoms with Gasteiger partial charge in [0.2, 0.25) is 5.91 Å². The van der Waals surface area contributed by atoms with E-state index < -0.39 is 10.9 Å². The van der Waals surface area contributed by atoms with Gasteiger partial charge in [-0.15, -0.1) is 0 Å². The Labute approximate surface area is 141 Å². The first kappa shape index (κ1) is 17.8. The van der Waals surface area contributed by atoms with Gasteiger partial charge in [0, 0.05) is 18.6 Å². The van der Waals surface area contributed by atoms with Gasteiger partial charge in [0.25, 0.3) is 5.69 Å². The molecular weight excluding hydrogens is 334 g/mol. The Bertz CT molecular complexity index is 852. The van der Waals surface area contributed by atoms with Gasteiger partial charge in [-0.25, -0.2) is 0 Å². The van der Waals surface area contributed by atoms with Gasteiger partial charge < -0.3 is 9.30 Å². The van der Waals surface area contributed by atoms with Crippen LogP contribution in [0.15, 0.2) is 23.2 Å². The summed E-state index contributed by atoms with van der Waals surface area (Å²) >= 11 is 1.13. The van der Waals surface area contributed by atoms with E-state index in [2.05, 4.69) is 9.73 Å². The van der Waals surface area contributed by atoms with E-state index in [9.17, 15) is 19.7 Å². The number of nitrogens with zero attached hydrogens (tertiary/aromatic N) is 3. The minimum Gasteiger partial charge on any atom is -0.468 e. The maximum Gasteiger partial charge on any atom is 0.325 e. The lowest BCUT2D eigenvalue weighted by molar-refractivity contribution is -0.384. The smallest absolute Gasteiger partial charge is 0.325 e. The molecule has 0 aliphatic heterocycles. The van der Waals surface area contributed by atoms with E-state index in [1.54, 1.807) is 10.6 Å². The molecule has 24 heavy (non-hydrogen) atoms. The van der Waals surface area contributed by atoms with Gasteiger partial charge in [-0.2, -0.15) is 4.99 Å². The highest BCUT2D eigenvalue weighted by molar-refractivity contribution is 7.16. The largest absolute Gasteiger partial charge is 0.468 e. The van der Waals surface area contributed by atoms with E-state index in [4.69, 9.17) is 0 Å². The number of benzene rings is 1. The number of hydrogen-bond acceptors (Lipinski definition) is 6. The van der Waals surface area contributed by atoms with E-state index in [1.807, 2.05) is 6.92 Å². The van der Waals surface area contributed by atoms with Crippen molar-refractivity contribution in [1.82, 2.24) is 4.57 Å². The summed E-state index contributed by atoms with van der Waals surface area (Å²) in [6, 6.07) is 4.30. The summed E-state index contributed by atoms with van der Waals surface area (Å²) in [5.74, 6) is -0.771. The Balaban J connectivity index is 2.56. The summed E-state index contributed by atoms with van der Waals surface area (Å²) in [7, 11) is 1.27. The number of ether oxygens (including phenoxy) is 1. The maximum atomic E-state index is 11.9. The SMILES string of the molecule is CCCCC(=O)N=c1sc2cc([N+](=O)[O-])ccc2n1CC(=O)OC. The highest BCUT2D eigenvalue weighted by Crippen LogP contribution is 2.23. The van der Waals surface area contributed by atoms with Crippen LogP contribution in [0.5, 0.6) is 0 Å². The molecule has 2 rings (SSSR count). The number of nitro benzene ring substituents is 1. The quantitative estimate of drug-likeness (QED) is 0.451. The second-order valence-corrected chi connectivity index (χ2v) is 6.07. The molecule has 0 bridgehead atoms. The number of methoxy groups -OCH3 is 1. The monoisotopic (exact) mass is 351 g/mol. The molecule has 1 aromatic carbocycles. The Morgan fingerprint density at radius 2 is 2.17 bits per heavy atom. The highest BCUT2D eigenvalue weighted by Gasteiger charge is 2.15. The zero-order chi connectivity index (χ0) is 17.7. The summed E-state index contributed by atoms with van der Waals surface area (Å²) in [6.07, 6.45) is 1.93. The third-order valence-electron chi connectivity index (χ3n) is 3.36. The molecule has 0 aliphatic carbocycles. The molecule has 128 valence electrons. The molecule has 0 atom stereocenters. The maximum absolute atomic E-state index is 11.9. The van der Waals surface area contributed by atoms with Crippen LogP contribution in [-0.4, -0.2) is 28.5 Å². The van der Waals surface area contributed by atoms with Crippen LogP contribution in [0.25, 0.3) is 10.2 Å². The first-order chi connectivity index (χ1) is 11.5. The van der Waals surface area contributed by atoms with Gasteiger partial charge in [0.15, 0.2) is 4.80 Å². The normalized spacial score (nSPS) is 11.7. The van der Waals surface area contributed by atoms with Crippen molar-refractivity contribution in [1.29, 1.82) is 0 Å². The van der Waals surface area contributed by atoms with Crippen molar-refractivity contribution in [3.05, 3.63) is 33.1 Å². The molecule has 0 saturated heterocycles. The van der Waals surface area contributed by atoms with Crippen LogP contribution in [0.4, 0.5) is 5.69 Å². The molecule has 1 aromatic heterocycles. The first-order valence-corrected chi connectivity index (χ1v) is 8.20. The summed E-state index contributed by atoms with van der Waals surface area (Å²) in [5, 5.41) is 10.9. The van der Waals surface area contributed by atoms with E-state index >= 15 is 0 Å². The van der Waals surface area contributed by atoms with E-state index in [0.717, 1.165) is 24.2 Å². The van der Waals surface area contributed by atoms with Crippen molar-refractivity contribution in [2.75, 3.05) is 7.11 Å². The van der Waals surface area contributed by atoms with Gasteiger partial charge in [0.05, 0.1) is 22.2 Å². The Kier molecular flexibility index (Phi) is 5.80. The van der Waals surface area contributed by atoms with Crippen molar-refractivity contribution >= 4 is 39.1 Å². The van der Waals surface area contributed by atoms with Crippen LogP contribution >= 0.6 is 11.3 Å². The number of thiazole rings is 1. The lowest BCUT2D eigenvalue weighted by Crippen LogP contribution is -2.22. The number of non-ortho nitro benzene ring substituents is 1. The number of aromatic nitrogens is 1. The van der Waals surface area contributed by atoms with Crippen molar-refractivity contribution in [3.63, 3.8) is 0 Å². The predicted molar refractivity (Wildman–Crippen MR) is 88.6 cm³/mol. The molecule has 1 amide bonds. The minimum atomic E-state index is -0.493. The molecule has 8 nitrogen and oxygen atoms in total. The second-order valence-electron chi connectivity index (χ2n) is 5.07. The summed E-state index contributed by atoms with van der Waals surface area (Å²) in [6.45, 7) is 1.86. The van der Waals surface area contributed by atoms with Crippen molar-refractivity contribution < 1.29 is 19.2 Å². The average molecular weight is 351 g/mol. The molecule has 0 spiro atoms. The summed E-state index contributed by atoms with van der Waals surface area (Å²) in [4.78, 5) is 38.4. The molecular formula is C15H17N3O5S. The molecule has 0 N–H and O–H groups in total. The van der Waals surface area contributed by atoms with Crippen LogP contribution in [0.3, 0.4) is 0 Å². The lowest BCUT2D eigenvalue weighted by Gasteiger charge is -2.03. The molecule has 1 heterocycles. The highest BCUT2D eigenvalue weighted by atomic mass is 32.1. The molecule has 9 heteroatoms. The summed E-state index contributed by atoms with van der Waals surface area (Å²) in [5.41, 5.74) is 0.538. The third kappa shape index (κ3) is 4.05. The van der Waals surface area contributed by atoms with Crippen LogP contribution in [0.2, 0.25) is 0 Å². The van der Waals surface area contributed by atoms with Crippen molar-refractivity contribution in [3.8, 4) is 0 Å². The Hall–Kier alpha value is -2.55. The summed E-state index contributed by atoms with van der Waals surface area (Å²) < 4.78 is 6.79. The molecule has 0 saturated carbocycles. The number of fused-ring (bicyclic) bond motifs is 1. The number of rotatable bonds is 6. The average Bonchev–Trinajstić information content (AvgIpc) is 2.89. The topological polar surface area (TPSA) is 104 Å². The van der Waals surface area contributed by atoms with Crippen LogP contribution in [0.1, 0.15) is 26.2 Å². The number of unbranched alkanes of at least 4 members (excludes halogenated alkanes) is 1. The van der Waals surface area contributed by atoms with Gasteiger partial charge in [-0.3, -0.25) is 19.7 Å². The second kappa shape index (κ2) is 7.82. The van der Waals surface area contributed by atoms with Gasteiger partial charge in [0.1, 0.15) is 6.54 Å². The van der Waals surface area contributed by atoms with Crippen LogP contribution < -0.4 is 4.80 Å². The number of carbonyl (C=O) groups is 2. The number of nitro groups is 1. The third-order valence-corrected chi connectivity index (χ3v) is 4.40.